The van der Waals surface area contributed by atoms with E-state index in [1.165, 1.54) is 0 Å². The zero-order chi connectivity index (χ0) is 13.4. The predicted octanol–water partition coefficient (Wildman–Crippen LogP) is 0.354. The van der Waals surface area contributed by atoms with Gasteiger partial charge in [-0.3, -0.25) is 9.78 Å². The van der Waals surface area contributed by atoms with Crippen LogP contribution in [-0.2, 0) is 12.8 Å². The summed E-state index contributed by atoms with van der Waals surface area (Å²) in [5.41, 5.74) is 8.20. The molecule has 0 amide bonds. The number of imidazole rings is 1. The molecule has 2 aromatic rings. The third-order valence-corrected chi connectivity index (χ3v) is 3.26. The molecule has 0 radical (unpaired) electrons. The number of hydrogen-bond donors (Lipinski definition) is 4. The number of nitrogens with two attached hydrogens (primary N) is 1. The number of nitrogens with zero attached hydrogens (tertiary/aromatic N) is 2. The van der Waals surface area contributed by atoms with Crippen LogP contribution in [0.1, 0.15) is 11.3 Å². The standard InChI is InChI=1S/C11H12N6OS/c12-7(1-5-3-13-4-14-5)8-2-6-9(15-8)16-11(19)17-10(6)18/h3-4,7H,1-2,12H2,(H,13,14)(H2,16,17,18,19)/t7-/m0/s1. The van der Waals surface area contributed by atoms with Crippen molar-refractivity contribution in [3.8, 4) is 0 Å². The van der Waals surface area contributed by atoms with E-state index in [0.717, 1.165) is 11.4 Å². The first-order chi connectivity index (χ1) is 9.13. The van der Waals surface area contributed by atoms with Crippen LogP contribution in [0.15, 0.2) is 22.3 Å². The molecule has 7 nitrogen and oxygen atoms in total. The number of aliphatic imine (C=N–C) groups is 1. The van der Waals surface area contributed by atoms with Crippen molar-refractivity contribution in [3.05, 3.63) is 38.9 Å². The molecular weight excluding hydrogens is 264 g/mol. The van der Waals surface area contributed by atoms with Gasteiger partial charge < -0.3 is 15.7 Å². The summed E-state index contributed by atoms with van der Waals surface area (Å²) in [7, 11) is 0. The second-order valence-corrected chi connectivity index (χ2v) is 4.81. The van der Waals surface area contributed by atoms with Gasteiger partial charge in [-0.2, -0.15) is 0 Å². The Balaban J connectivity index is 1.86. The molecule has 0 bridgehead atoms. The molecular formula is C11H12N6OS. The summed E-state index contributed by atoms with van der Waals surface area (Å²) in [5.74, 6) is 0.517. The van der Waals surface area contributed by atoms with Crippen LogP contribution in [0.3, 0.4) is 0 Å². The molecule has 2 aromatic heterocycles. The molecule has 0 aliphatic carbocycles. The van der Waals surface area contributed by atoms with E-state index in [-0.39, 0.29) is 16.4 Å². The average molecular weight is 276 g/mol. The van der Waals surface area contributed by atoms with E-state index in [9.17, 15) is 4.79 Å². The third kappa shape index (κ3) is 2.27. The minimum atomic E-state index is -0.255. The SMILES string of the molecule is N[C@@H](Cc1cnc[nH]1)C1=Nc2[nH]c(=S)[nH]c(=O)c2C1. The molecule has 3 heterocycles. The fourth-order valence-electron chi connectivity index (χ4n) is 2.09. The Labute approximate surface area is 113 Å². The number of aromatic nitrogens is 4. The van der Waals surface area contributed by atoms with E-state index in [2.05, 4.69) is 24.9 Å². The van der Waals surface area contributed by atoms with Crippen LogP contribution in [0.4, 0.5) is 5.82 Å². The highest BCUT2D eigenvalue weighted by atomic mass is 32.1. The second kappa shape index (κ2) is 4.56. The van der Waals surface area contributed by atoms with Gasteiger partial charge in [-0.15, -0.1) is 0 Å². The molecule has 5 N–H and O–H groups in total. The van der Waals surface area contributed by atoms with Crippen molar-refractivity contribution < 1.29 is 0 Å². The van der Waals surface area contributed by atoms with Crippen molar-refractivity contribution >= 4 is 23.7 Å². The Kier molecular flexibility index (Phi) is 2.88. The average Bonchev–Trinajstić information content (AvgIpc) is 2.97. The van der Waals surface area contributed by atoms with E-state index in [0.29, 0.717) is 24.2 Å². The Bertz CT molecular complexity index is 741. The van der Waals surface area contributed by atoms with E-state index in [1.807, 2.05) is 0 Å². The summed E-state index contributed by atoms with van der Waals surface area (Å²) < 4.78 is 0.274. The lowest BCUT2D eigenvalue weighted by atomic mass is 10.0. The van der Waals surface area contributed by atoms with Crippen LogP contribution < -0.4 is 11.3 Å². The van der Waals surface area contributed by atoms with Crippen molar-refractivity contribution in [2.45, 2.75) is 18.9 Å². The van der Waals surface area contributed by atoms with Crippen LogP contribution in [0.2, 0.25) is 0 Å². The van der Waals surface area contributed by atoms with Crippen molar-refractivity contribution in [2.24, 2.45) is 10.7 Å². The molecule has 1 aliphatic rings. The maximum atomic E-state index is 11.7. The smallest absolute Gasteiger partial charge is 0.257 e. The zero-order valence-corrected chi connectivity index (χ0v) is 10.8. The lowest BCUT2D eigenvalue weighted by molar-refractivity contribution is 0.820. The third-order valence-electron chi connectivity index (χ3n) is 3.05. The molecule has 0 spiro atoms. The van der Waals surface area contributed by atoms with Gasteiger partial charge in [0.1, 0.15) is 5.82 Å². The van der Waals surface area contributed by atoms with Gasteiger partial charge >= 0.3 is 0 Å². The lowest BCUT2D eigenvalue weighted by Gasteiger charge is -2.09. The fraction of sp³-hybridized carbons (Fsp3) is 0.273. The maximum Gasteiger partial charge on any atom is 0.257 e. The Morgan fingerprint density at radius 3 is 3.05 bits per heavy atom. The molecule has 0 saturated heterocycles. The van der Waals surface area contributed by atoms with Gasteiger partial charge in [0, 0.05) is 36.5 Å². The van der Waals surface area contributed by atoms with Gasteiger partial charge in [-0.05, 0) is 12.2 Å². The Morgan fingerprint density at radius 2 is 2.32 bits per heavy atom. The van der Waals surface area contributed by atoms with Crippen LogP contribution in [0.5, 0.6) is 0 Å². The van der Waals surface area contributed by atoms with Crippen molar-refractivity contribution in [1.82, 2.24) is 19.9 Å². The monoisotopic (exact) mass is 276 g/mol. The van der Waals surface area contributed by atoms with E-state index in [4.69, 9.17) is 18.0 Å². The molecule has 19 heavy (non-hydrogen) atoms. The molecule has 8 heteroatoms. The summed E-state index contributed by atoms with van der Waals surface area (Å²) in [4.78, 5) is 28.5. The highest BCUT2D eigenvalue weighted by Crippen LogP contribution is 2.21. The van der Waals surface area contributed by atoms with E-state index in [1.54, 1.807) is 12.5 Å². The van der Waals surface area contributed by atoms with Crippen LogP contribution >= 0.6 is 12.2 Å². The number of aromatic amines is 3. The van der Waals surface area contributed by atoms with E-state index < -0.39 is 0 Å². The highest BCUT2D eigenvalue weighted by molar-refractivity contribution is 7.71. The number of hydrogen-bond acceptors (Lipinski definition) is 5. The minimum absolute atomic E-state index is 0.203. The molecule has 1 aliphatic heterocycles. The number of nitrogens with one attached hydrogen (secondary N) is 3. The van der Waals surface area contributed by atoms with Gasteiger partial charge in [0.05, 0.1) is 11.9 Å². The fourth-order valence-corrected chi connectivity index (χ4v) is 2.28. The van der Waals surface area contributed by atoms with Crippen LogP contribution in [-0.4, -0.2) is 31.7 Å². The number of fused-ring (bicyclic) bond motifs is 1. The molecule has 0 aromatic carbocycles. The molecule has 0 unspecified atom stereocenters. The maximum absolute atomic E-state index is 11.7. The lowest BCUT2D eigenvalue weighted by Crippen LogP contribution is -2.33. The molecule has 0 fully saturated rings. The molecule has 98 valence electrons. The van der Waals surface area contributed by atoms with Gasteiger partial charge in [-0.1, -0.05) is 0 Å². The van der Waals surface area contributed by atoms with Crippen molar-refractivity contribution in [1.29, 1.82) is 0 Å². The van der Waals surface area contributed by atoms with Crippen molar-refractivity contribution in [3.63, 3.8) is 0 Å². The Hall–Kier alpha value is -2.06. The molecule has 0 saturated carbocycles. The molecule has 3 rings (SSSR count). The first kappa shape index (κ1) is 12.0. The largest absolute Gasteiger partial charge is 0.348 e. The van der Waals surface area contributed by atoms with Crippen LogP contribution in [0, 0.1) is 4.77 Å². The summed E-state index contributed by atoms with van der Waals surface area (Å²) >= 11 is 4.91. The number of rotatable bonds is 3. The zero-order valence-electron chi connectivity index (χ0n) is 9.93. The van der Waals surface area contributed by atoms with Crippen molar-refractivity contribution in [2.75, 3.05) is 0 Å². The van der Waals surface area contributed by atoms with Gasteiger partial charge in [0.2, 0.25) is 0 Å². The predicted molar refractivity (Wildman–Crippen MR) is 73.3 cm³/mol. The van der Waals surface area contributed by atoms with Gasteiger partial charge in [0.25, 0.3) is 5.56 Å². The first-order valence-electron chi connectivity index (χ1n) is 5.79. The quantitative estimate of drug-likeness (QED) is 0.605. The summed E-state index contributed by atoms with van der Waals surface area (Å²) in [6, 6.07) is -0.255. The number of H-pyrrole nitrogens is 3. The minimum Gasteiger partial charge on any atom is -0.348 e. The second-order valence-electron chi connectivity index (χ2n) is 4.40. The highest BCUT2D eigenvalue weighted by Gasteiger charge is 2.23. The summed E-state index contributed by atoms with van der Waals surface area (Å²) in [6.45, 7) is 0. The van der Waals surface area contributed by atoms with E-state index >= 15 is 0 Å². The summed E-state index contributed by atoms with van der Waals surface area (Å²) in [5, 5.41) is 0. The summed E-state index contributed by atoms with van der Waals surface area (Å²) in [6.07, 6.45) is 4.38. The topological polar surface area (TPSA) is 116 Å². The Morgan fingerprint density at radius 1 is 1.47 bits per heavy atom. The van der Waals surface area contributed by atoms with Gasteiger partial charge in [-0.25, -0.2) is 9.98 Å². The van der Waals surface area contributed by atoms with Gasteiger partial charge in [0.15, 0.2) is 4.77 Å². The molecule has 1 atom stereocenters. The first-order valence-corrected chi connectivity index (χ1v) is 6.20. The van der Waals surface area contributed by atoms with Crippen LogP contribution in [0.25, 0.3) is 0 Å². The normalized spacial score (nSPS) is 15.1.